The van der Waals surface area contributed by atoms with Crippen molar-refractivity contribution in [1.82, 2.24) is 9.62 Å². The van der Waals surface area contributed by atoms with Crippen LogP contribution in [-0.4, -0.2) is 35.7 Å². The zero-order chi connectivity index (χ0) is 10.9. The van der Waals surface area contributed by atoms with Crippen LogP contribution in [0.5, 0.6) is 0 Å². The van der Waals surface area contributed by atoms with Crippen molar-refractivity contribution in [2.75, 3.05) is 7.05 Å². The topological polar surface area (TPSA) is 6.48 Å². The van der Waals surface area contributed by atoms with Crippen molar-refractivity contribution in [3.05, 3.63) is 18.1 Å². The van der Waals surface area contributed by atoms with Crippen molar-refractivity contribution in [1.29, 1.82) is 0 Å². The van der Waals surface area contributed by atoms with E-state index < -0.39 is 0 Å². The first-order valence-electron chi connectivity index (χ1n) is 5.46. The first-order valence-corrected chi connectivity index (χ1v) is 5.46. The Morgan fingerprint density at radius 1 is 1.29 bits per heavy atom. The highest BCUT2D eigenvalue weighted by molar-refractivity contribution is 6.60. The molecule has 1 aliphatic rings. The van der Waals surface area contributed by atoms with Crippen LogP contribution < -0.4 is 0 Å². The molecule has 0 spiro atoms. The van der Waals surface area contributed by atoms with Crippen molar-refractivity contribution < 1.29 is 0 Å². The number of rotatable bonds is 3. The maximum absolute atomic E-state index is 2.52. The van der Waals surface area contributed by atoms with Gasteiger partial charge < -0.3 is 9.62 Å². The first kappa shape index (κ1) is 11.7. The lowest BCUT2D eigenvalue weighted by Crippen LogP contribution is -2.53. The van der Waals surface area contributed by atoms with Crippen molar-refractivity contribution in [3.63, 3.8) is 0 Å². The largest absolute Gasteiger partial charge is 0.401 e. The highest BCUT2D eigenvalue weighted by atomic mass is 15.2. The molecule has 0 unspecified atom stereocenters. The Balaban J connectivity index is 2.78. The lowest BCUT2D eigenvalue weighted by atomic mass is 9.71. The molecule has 0 fully saturated rings. The molecule has 2 nitrogen and oxygen atoms in total. The molecule has 0 aliphatic carbocycles. The summed E-state index contributed by atoms with van der Waals surface area (Å²) in [5.74, 6) is 2.33. The van der Waals surface area contributed by atoms with Gasteiger partial charge in [-0.3, -0.25) is 0 Å². The van der Waals surface area contributed by atoms with Crippen LogP contribution in [0.4, 0.5) is 0 Å². The fourth-order valence-electron chi connectivity index (χ4n) is 2.30. The number of likely N-dealkylation sites (N-methyl/N-ethyl adjacent to an activating group) is 1. The minimum Gasteiger partial charge on any atom is -0.401 e. The van der Waals surface area contributed by atoms with Gasteiger partial charge in [-0.15, -0.1) is 0 Å². The van der Waals surface area contributed by atoms with Crippen LogP contribution in [0.3, 0.4) is 0 Å². The monoisotopic (exact) mass is 193 g/mol. The van der Waals surface area contributed by atoms with E-state index in [1.54, 1.807) is 0 Å². The molecule has 0 aromatic heterocycles. The number of hydrogen-bond acceptors (Lipinski definition) is 2. The van der Waals surface area contributed by atoms with Gasteiger partial charge in [-0.2, -0.15) is 6.54 Å². The van der Waals surface area contributed by atoms with Crippen LogP contribution in [0.1, 0.15) is 34.6 Å². The fraction of sp³-hybridized carbons (Fsp3) is 0.727. The maximum atomic E-state index is 2.52. The second-order valence-corrected chi connectivity index (χ2v) is 4.75. The van der Waals surface area contributed by atoms with E-state index in [0.29, 0.717) is 19.1 Å². The lowest BCUT2D eigenvalue weighted by Gasteiger charge is -2.40. The molecule has 0 aromatic rings. The second-order valence-electron chi connectivity index (χ2n) is 4.75. The third-order valence-electron chi connectivity index (χ3n) is 2.73. The molecule has 1 heterocycles. The summed E-state index contributed by atoms with van der Waals surface area (Å²) in [6, 6.07) is 1.16. The average Bonchev–Trinajstić information content (AvgIpc) is 2.29. The molecular formula is C11H22BN2-. The molecule has 0 saturated heterocycles. The molecular weight excluding hydrogens is 171 g/mol. The predicted molar refractivity (Wildman–Crippen MR) is 63.7 cm³/mol. The molecule has 0 bridgehead atoms. The van der Waals surface area contributed by atoms with E-state index in [1.807, 2.05) is 0 Å². The average molecular weight is 193 g/mol. The minimum atomic E-state index is 0.440. The van der Waals surface area contributed by atoms with E-state index in [1.165, 1.54) is 5.57 Å². The van der Waals surface area contributed by atoms with Crippen LogP contribution in [-0.2, 0) is 0 Å². The van der Waals surface area contributed by atoms with Crippen LogP contribution >= 0.6 is 0 Å². The molecule has 0 amide bonds. The fourth-order valence-corrected chi connectivity index (χ4v) is 2.30. The van der Waals surface area contributed by atoms with Gasteiger partial charge in [-0.25, -0.2) is 11.5 Å². The van der Waals surface area contributed by atoms with Gasteiger partial charge in [0, 0.05) is 0 Å². The normalized spacial score (nSPS) is 18.4. The Labute approximate surface area is 89.1 Å². The summed E-state index contributed by atoms with van der Waals surface area (Å²) >= 11 is 0. The van der Waals surface area contributed by atoms with Gasteiger partial charge in [0.25, 0.3) is 0 Å². The Hall–Kier alpha value is -0.405. The SMILES string of the molecule is CC1=CB(N(C(C)C)C(C)C)N(C)[CH-]1. The summed E-state index contributed by atoms with van der Waals surface area (Å²) in [6.07, 6.45) is 0. The molecule has 0 saturated carbocycles. The Bertz CT molecular complexity index is 215. The zero-order valence-electron chi connectivity index (χ0n) is 10.3. The Morgan fingerprint density at radius 3 is 2.07 bits per heavy atom. The summed E-state index contributed by atoms with van der Waals surface area (Å²) in [5.41, 5.74) is 1.36. The number of hydrogen-bond donors (Lipinski definition) is 0. The predicted octanol–water partition coefficient (Wildman–Crippen LogP) is 2.19. The molecule has 0 aromatic carbocycles. The summed E-state index contributed by atoms with van der Waals surface area (Å²) in [4.78, 5) is 4.81. The van der Waals surface area contributed by atoms with Gasteiger partial charge in [0.05, 0.1) is 0 Å². The summed E-state index contributed by atoms with van der Waals surface area (Å²) in [5, 5.41) is 0. The van der Waals surface area contributed by atoms with Crippen molar-refractivity contribution >= 4 is 6.98 Å². The quantitative estimate of drug-likeness (QED) is 0.500. The lowest BCUT2D eigenvalue weighted by molar-refractivity contribution is 0.288. The van der Waals surface area contributed by atoms with E-state index >= 15 is 0 Å². The van der Waals surface area contributed by atoms with Gasteiger partial charge in [0.2, 0.25) is 6.98 Å². The van der Waals surface area contributed by atoms with E-state index in [4.69, 9.17) is 0 Å². The van der Waals surface area contributed by atoms with Crippen LogP contribution in [0.25, 0.3) is 0 Å². The van der Waals surface area contributed by atoms with E-state index in [-0.39, 0.29) is 0 Å². The standard InChI is InChI=1S/C11H22BN2/c1-9(2)14(10(3)4)12-7-11(5)8-13(12)6/h7-10H,1-6H3/q-1. The third kappa shape index (κ3) is 2.34. The van der Waals surface area contributed by atoms with Crippen LogP contribution in [0.2, 0.25) is 0 Å². The molecule has 1 rings (SSSR count). The second kappa shape index (κ2) is 4.41. The first-order chi connectivity index (χ1) is 6.43. The third-order valence-corrected chi connectivity index (χ3v) is 2.73. The smallest absolute Gasteiger partial charge is 0.222 e. The molecule has 0 atom stereocenters. The summed E-state index contributed by atoms with van der Waals surface area (Å²) < 4.78 is 0. The molecule has 80 valence electrons. The minimum absolute atomic E-state index is 0.440. The van der Waals surface area contributed by atoms with E-state index in [2.05, 4.69) is 63.8 Å². The molecule has 3 heteroatoms. The molecule has 1 aliphatic heterocycles. The highest BCUT2D eigenvalue weighted by Crippen LogP contribution is 2.21. The van der Waals surface area contributed by atoms with Crippen LogP contribution in [0, 0.1) is 6.54 Å². The number of nitrogens with zero attached hydrogens (tertiary/aromatic N) is 2. The summed E-state index contributed by atoms with van der Waals surface area (Å²) in [6.45, 7) is 13.8. The molecule has 0 radical (unpaired) electrons. The zero-order valence-corrected chi connectivity index (χ0v) is 10.3. The molecule has 14 heavy (non-hydrogen) atoms. The van der Waals surface area contributed by atoms with Gasteiger partial charge in [-0.05, 0) is 19.1 Å². The molecule has 0 N–H and O–H groups in total. The maximum Gasteiger partial charge on any atom is 0.222 e. The van der Waals surface area contributed by atoms with Gasteiger partial charge in [-0.1, -0.05) is 34.6 Å². The van der Waals surface area contributed by atoms with E-state index in [0.717, 1.165) is 0 Å². The van der Waals surface area contributed by atoms with Crippen LogP contribution in [0.15, 0.2) is 11.5 Å². The van der Waals surface area contributed by atoms with Crippen molar-refractivity contribution in [3.8, 4) is 0 Å². The van der Waals surface area contributed by atoms with Gasteiger partial charge in [0.15, 0.2) is 0 Å². The van der Waals surface area contributed by atoms with Crippen molar-refractivity contribution in [2.45, 2.75) is 46.7 Å². The van der Waals surface area contributed by atoms with E-state index in [9.17, 15) is 0 Å². The highest BCUT2D eigenvalue weighted by Gasteiger charge is 2.26. The van der Waals surface area contributed by atoms with Gasteiger partial charge in [0.1, 0.15) is 0 Å². The van der Waals surface area contributed by atoms with Crippen molar-refractivity contribution in [2.24, 2.45) is 0 Å². The Morgan fingerprint density at radius 2 is 1.79 bits per heavy atom. The van der Waals surface area contributed by atoms with Gasteiger partial charge >= 0.3 is 0 Å². The Kier molecular flexibility index (Phi) is 3.68. The summed E-state index contributed by atoms with van der Waals surface area (Å²) in [7, 11) is 2.15.